The van der Waals surface area contributed by atoms with Crippen molar-refractivity contribution in [3.05, 3.63) is 51.3 Å². The molecule has 2 heterocycles. The fourth-order valence-corrected chi connectivity index (χ4v) is 2.83. The fourth-order valence-electron chi connectivity index (χ4n) is 2.67. The topological polar surface area (TPSA) is 103 Å². The quantitative estimate of drug-likeness (QED) is 0.434. The molecular formula is C17H9ClN2O5. The number of carbonyl (C=O) groups is 1. The Labute approximate surface area is 144 Å². The first-order valence-corrected chi connectivity index (χ1v) is 7.51. The molecule has 0 atom stereocenters. The van der Waals surface area contributed by atoms with Crippen molar-refractivity contribution in [2.24, 2.45) is 0 Å². The summed E-state index contributed by atoms with van der Waals surface area (Å²) in [7, 11) is 1.38. The van der Waals surface area contributed by atoms with E-state index in [4.69, 9.17) is 25.9 Å². The van der Waals surface area contributed by atoms with Crippen molar-refractivity contribution in [1.29, 1.82) is 0 Å². The molecule has 0 saturated heterocycles. The number of aromatic nitrogens is 2. The number of halogens is 1. The molecule has 1 aromatic heterocycles. The zero-order chi connectivity index (χ0) is 17.7. The maximum atomic E-state index is 12.4. The molecule has 1 aliphatic carbocycles. The zero-order valence-corrected chi connectivity index (χ0v) is 13.5. The second-order valence-electron chi connectivity index (χ2n) is 5.29. The SMILES string of the molecule is COc1cc(C(=O)O)nc2c(=O)cc3oc4cc(Cl)ccc4nc-3c12. The van der Waals surface area contributed by atoms with Gasteiger partial charge in [0, 0.05) is 23.2 Å². The molecule has 0 amide bonds. The van der Waals surface area contributed by atoms with Gasteiger partial charge in [0.15, 0.2) is 17.0 Å². The van der Waals surface area contributed by atoms with Crippen molar-refractivity contribution in [3.63, 3.8) is 0 Å². The lowest BCUT2D eigenvalue weighted by atomic mass is 10.1. The van der Waals surface area contributed by atoms with Crippen molar-refractivity contribution >= 4 is 39.6 Å². The third kappa shape index (κ3) is 2.36. The summed E-state index contributed by atoms with van der Waals surface area (Å²) in [5, 5.41) is 9.95. The van der Waals surface area contributed by atoms with E-state index in [1.807, 2.05) is 0 Å². The predicted octanol–water partition coefficient (Wildman–Crippen LogP) is 3.20. The van der Waals surface area contributed by atoms with Crippen LogP contribution in [-0.4, -0.2) is 28.2 Å². The molecule has 4 rings (SSSR count). The highest BCUT2D eigenvalue weighted by molar-refractivity contribution is 6.31. The molecule has 1 N–H and O–H groups in total. The van der Waals surface area contributed by atoms with Gasteiger partial charge in [0.2, 0.25) is 5.43 Å². The van der Waals surface area contributed by atoms with Gasteiger partial charge in [-0.05, 0) is 12.1 Å². The summed E-state index contributed by atoms with van der Waals surface area (Å²) in [6.45, 7) is 0. The van der Waals surface area contributed by atoms with Gasteiger partial charge < -0.3 is 14.3 Å². The van der Waals surface area contributed by atoms with Gasteiger partial charge in [0.25, 0.3) is 0 Å². The van der Waals surface area contributed by atoms with Gasteiger partial charge in [-0.3, -0.25) is 4.79 Å². The standard InChI is InChI=1S/C17H9ClN2O5/c1-24-12-5-9(17(22)23)20-15-10(21)6-13-16(14(12)15)19-8-3-2-7(18)4-11(8)25-13/h2-6H,1H3,(H,22,23). The van der Waals surface area contributed by atoms with E-state index < -0.39 is 11.4 Å². The molecule has 7 nitrogen and oxygen atoms in total. The lowest BCUT2D eigenvalue weighted by molar-refractivity contribution is 0.0690. The van der Waals surface area contributed by atoms with Crippen molar-refractivity contribution in [3.8, 4) is 17.2 Å². The van der Waals surface area contributed by atoms with Crippen molar-refractivity contribution in [1.82, 2.24) is 9.97 Å². The highest BCUT2D eigenvalue weighted by atomic mass is 35.5. The third-order valence-corrected chi connectivity index (χ3v) is 4.00. The predicted molar refractivity (Wildman–Crippen MR) is 90.7 cm³/mol. The van der Waals surface area contributed by atoms with Gasteiger partial charge in [-0.2, -0.15) is 0 Å². The van der Waals surface area contributed by atoms with Crippen molar-refractivity contribution < 1.29 is 19.1 Å². The van der Waals surface area contributed by atoms with Crippen LogP contribution in [0.1, 0.15) is 10.5 Å². The number of methoxy groups -OCH3 is 1. The van der Waals surface area contributed by atoms with Gasteiger partial charge in [0.1, 0.15) is 22.5 Å². The number of benzene rings is 2. The minimum atomic E-state index is -1.26. The number of carboxylic acid groups (broad SMARTS) is 1. The number of hydrogen-bond acceptors (Lipinski definition) is 6. The summed E-state index contributed by atoms with van der Waals surface area (Å²) in [6.07, 6.45) is 0. The maximum absolute atomic E-state index is 12.4. The summed E-state index contributed by atoms with van der Waals surface area (Å²) in [5.41, 5.74) is 0.487. The van der Waals surface area contributed by atoms with E-state index in [9.17, 15) is 9.59 Å². The average Bonchev–Trinajstić information content (AvgIpc) is 2.59. The minimum Gasteiger partial charge on any atom is -0.496 e. The smallest absolute Gasteiger partial charge is 0.354 e. The van der Waals surface area contributed by atoms with Crippen LogP contribution in [0.25, 0.3) is 33.5 Å². The highest BCUT2D eigenvalue weighted by Crippen LogP contribution is 2.35. The van der Waals surface area contributed by atoms with Gasteiger partial charge in [-0.1, -0.05) is 11.6 Å². The van der Waals surface area contributed by atoms with E-state index in [0.717, 1.165) is 0 Å². The summed E-state index contributed by atoms with van der Waals surface area (Å²) < 4.78 is 11.0. The Hall–Kier alpha value is -3.19. The summed E-state index contributed by atoms with van der Waals surface area (Å²) in [5.74, 6) is -0.845. The van der Waals surface area contributed by atoms with Gasteiger partial charge in [0.05, 0.1) is 12.5 Å². The van der Waals surface area contributed by atoms with Crippen LogP contribution in [0.2, 0.25) is 5.02 Å². The number of pyridine rings is 1. The Morgan fingerprint density at radius 3 is 2.76 bits per heavy atom. The van der Waals surface area contributed by atoms with Crippen LogP contribution in [0, 0.1) is 0 Å². The van der Waals surface area contributed by atoms with E-state index in [-0.39, 0.29) is 22.7 Å². The fraction of sp³-hybridized carbons (Fsp3) is 0.0588. The van der Waals surface area contributed by atoms with E-state index in [2.05, 4.69) is 9.97 Å². The number of aromatic carboxylic acids is 1. The maximum Gasteiger partial charge on any atom is 0.354 e. The van der Waals surface area contributed by atoms with E-state index >= 15 is 0 Å². The van der Waals surface area contributed by atoms with Crippen LogP contribution in [-0.2, 0) is 0 Å². The molecule has 0 radical (unpaired) electrons. The number of nitrogens with zero attached hydrogens (tertiary/aromatic N) is 2. The molecular weight excluding hydrogens is 348 g/mol. The Kier molecular flexibility index (Phi) is 3.33. The van der Waals surface area contributed by atoms with Gasteiger partial charge >= 0.3 is 5.97 Å². The first-order valence-electron chi connectivity index (χ1n) is 7.13. The molecule has 2 aromatic rings. The lowest BCUT2D eigenvalue weighted by Crippen LogP contribution is -2.10. The lowest BCUT2D eigenvalue weighted by Gasteiger charge is -2.12. The Bertz CT molecular complexity index is 1200. The van der Waals surface area contributed by atoms with Gasteiger partial charge in [-0.15, -0.1) is 0 Å². The molecule has 25 heavy (non-hydrogen) atoms. The van der Waals surface area contributed by atoms with Crippen LogP contribution in [0.5, 0.6) is 5.75 Å². The first kappa shape index (κ1) is 15.3. The highest BCUT2D eigenvalue weighted by Gasteiger charge is 2.22. The first-order chi connectivity index (χ1) is 12.0. The monoisotopic (exact) mass is 356 g/mol. The largest absolute Gasteiger partial charge is 0.496 e. The number of fused-ring (bicyclic) bond motifs is 4. The van der Waals surface area contributed by atoms with Gasteiger partial charge in [-0.25, -0.2) is 14.8 Å². The molecule has 124 valence electrons. The summed E-state index contributed by atoms with van der Waals surface area (Å²) in [6, 6.07) is 7.42. The number of ether oxygens (including phenoxy) is 1. The van der Waals surface area contributed by atoms with E-state index in [0.29, 0.717) is 27.2 Å². The summed E-state index contributed by atoms with van der Waals surface area (Å²) in [4.78, 5) is 32.1. The molecule has 0 bridgehead atoms. The molecule has 0 unspecified atom stereocenters. The van der Waals surface area contributed by atoms with E-state index in [1.165, 1.54) is 19.2 Å². The van der Waals surface area contributed by atoms with Crippen LogP contribution in [0.3, 0.4) is 0 Å². The average molecular weight is 357 g/mol. The molecule has 2 aliphatic rings. The van der Waals surface area contributed by atoms with Crippen LogP contribution < -0.4 is 10.2 Å². The van der Waals surface area contributed by atoms with E-state index in [1.54, 1.807) is 18.2 Å². The van der Waals surface area contributed by atoms with Crippen LogP contribution in [0.15, 0.2) is 39.5 Å². The second-order valence-corrected chi connectivity index (χ2v) is 5.72. The molecule has 1 aromatic carbocycles. The molecule has 0 spiro atoms. The van der Waals surface area contributed by atoms with Crippen molar-refractivity contribution in [2.75, 3.05) is 7.11 Å². The zero-order valence-electron chi connectivity index (χ0n) is 12.7. The normalized spacial score (nSPS) is 11.3. The molecule has 8 heteroatoms. The van der Waals surface area contributed by atoms with Crippen LogP contribution in [0.4, 0.5) is 0 Å². The van der Waals surface area contributed by atoms with Crippen LogP contribution >= 0.6 is 11.6 Å². The second kappa shape index (κ2) is 5.42. The molecule has 0 saturated carbocycles. The summed E-state index contributed by atoms with van der Waals surface area (Å²) >= 11 is 5.96. The number of carboxylic acids is 1. The third-order valence-electron chi connectivity index (χ3n) is 3.76. The Morgan fingerprint density at radius 2 is 2.04 bits per heavy atom. The van der Waals surface area contributed by atoms with Crippen molar-refractivity contribution in [2.45, 2.75) is 0 Å². The Balaban J connectivity index is 2.21. The molecule has 0 fully saturated rings. The Morgan fingerprint density at radius 1 is 1.24 bits per heavy atom. The minimum absolute atomic E-state index is 0.0414. The number of rotatable bonds is 2. The number of hydrogen-bond donors (Lipinski definition) is 1. The molecule has 1 aliphatic heterocycles.